The molecule has 2 aromatic carbocycles. The zero-order valence-electron chi connectivity index (χ0n) is 14.5. The normalized spacial score (nSPS) is 11.1. The lowest BCUT2D eigenvalue weighted by Gasteiger charge is -2.12. The highest BCUT2D eigenvalue weighted by molar-refractivity contribution is 6.06. The number of aromatic nitrogens is 1. The zero-order chi connectivity index (χ0) is 21.0. The number of esters is 1. The molecule has 0 unspecified atom stereocenters. The Morgan fingerprint density at radius 3 is 2.38 bits per heavy atom. The molecule has 0 aliphatic heterocycles. The molecule has 0 bridgehead atoms. The number of benzene rings is 2. The SMILES string of the molecule is O=C(COC(=O)c1c[nH]c2ccccc12)c1ccc(OC(F)F)cc1OC(F)F. The second-order valence-corrected chi connectivity index (χ2v) is 5.66. The van der Waals surface area contributed by atoms with Gasteiger partial charge in [0, 0.05) is 23.2 Å². The summed E-state index contributed by atoms with van der Waals surface area (Å²) in [5.41, 5.74) is 0.504. The maximum atomic E-state index is 12.6. The molecule has 0 atom stereocenters. The summed E-state index contributed by atoms with van der Waals surface area (Å²) in [6.07, 6.45) is 1.42. The van der Waals surface area contributed by atoms with Crippen LogP contribution in [-0.4, -0.2) is 36.6 Å². The first kappa shape index (κ1) is 20.2. The van der Waals surface area contributed by atoms with Gasteiger partial charge in [-0.2, -0.15) is 17.6 Å². The minimum Gasteiger partial charge on any atom is -0.454 e. The van der Waals surface area contributed by atoms with Crippen LogP contribution in [0.3, 0.4) is 0 Å². The Hall–Kier alpha value is -3.56. The maximum Gasteiger partial charge on any atom is 0.387 e. The van der Waals surface area contributed by atoms with Crippen molar-refractivity contribution in [3.63, 3.8) is 0 Å². The fourth-order valence-electron chi connectivity index (χ4n) is 2.63. The number of alkyl halides is 4. The minimum atomic E-state index is -3.31. The van der Waals surface area contributed by atoms with Crippen molar-refractivity contribution in [1.82, 2.24) is 4.98 Å². The molecule has 1 heterocycles. The Bertz CT molecular complexity index is 1030. The summed E-state index contributed by atoms with van der Waals surface area (Å²) in [5.74, 6) is -2.81. The Balaban J connectivity index is 1.74. The van der Waals surface area contributed by atoms with Crippen molar-refractivity contribution in [2.45, 2.75) is 13.2 Å². The van der Waals surface area contributed by atoms with Crippen molar-refractivity contribution in [2.75, 3.05) is 6.61 Å². The first-order chi connectivity index (χ1) is 13.8. The van der Waals surface area contributed by atoms with E-state index in [-0.39, 0.29) is 11.1 Å². The van der Waals surface area contributed by atoms with Gasteiger partial charge in [0.1, 0.15) is 11.5 Å². The summed E-state index contributed by atoms with van der Waals surface area (Å²) < 4.78 is 63.0. The van der Waals surface area contributed by atoms with Crippen LogP contribution in [-0.2, 0) is 4.74 Å². The highest BCUT2D eigenvalue weighted by atomic mass is 19.3. The number of carbonyl (C=O) groups excluding carboxylic acids is 2. The van der Waals surface area contributed by atoms with Gasteiger partial charge in [-0.3, -0.25) is 4.79 Å². The van der Waals surface area contributed by atoms with Crippen molar-refractivity contribution in [3.8, 4) is 11.5 Å². The topological polar surface area (TPSA) is 77.6 Å². The van der Waals surface area contributed by atoms with Crippen molar-refractivity contribution in [3.05, 3.63) is 59.8 Å². The molecule has 0 aliphatic carbocycles. The molecule has 1 aromatic heterocycles. The molecular weight excluding hydrogens is 398 g/mol. The summed E-state index contributed by atoms with van der Waals surface area (Å²) >= 11 is 0. The van der Waals surface area contributed by atoms with Gasteiger partial charge in [-0.1, -0.05) is 18.2 Å². The van der Waals surface area contributed by atoms with Gasteiger partial charge in [-0.15, -0.1) is 0 Å². The van der Waals surface area contributed by atoms with Crippen LogP contribution >= 0.6 is 0 Å². The van der Waals surface area contributed by atoms with Gasteiger partial charge in [0.25, 0.3) is 0 Å². The number of ketones is 1. The number of para-hydroxylation sites is 1. The molecule has 0 spiro atoms. The number of Topliss-reactive ketones (excluding diaryl/α,β-unsaturated/α-hetero) is 1. The molecule has 0 saturated heterocycles. The van der Waals surface area contributed by atoms with Gasteiger partial charge in [0.2, 0.25) is 5.78 Å². The number of hydrogen-bond donors (Lipinski definition) is 1. The largest absolute Gasteiger partial charge is 0.454 e. The van der Waals surface area contributed by atoms with Crippen LogP contribution in [0.1, 0.15) is 20.7 Å². The fourth-order valence-corrected chi connectivity index (χ4v) is 2.63. The van der Waals surface area contributed by atoms with E-state index in [4.69, 9.17) is 4.74 Å². The summed E-state index contributed by atoms with van der Waals surface area (Å²) in [7, 11) is 0. The van der Waals surface area contributed by atoms with E-state index in [1.54, 1.807) is 24.3 Å². The molecule has 0 fully saturated rings. The number of fused-ring (bicyclic) bond motifs is 1. The Labute approximate surface area is 161 Å². The third kappa shape index (κ3) is 4.84. The van der Waals surface area contributed by atoms with Crippen LogP contribution in [0.15, 0.2) is 48.7 Å². The summed E-state index contributed by atoms with van der Waals surface area (Å²) in [5, 5.41) is 0.583. The number of carbonyl (C=O) groups is 2. The van der Waals surface area contributed by atoms with Crippen LogP contribution in [0.5, 0.6) is 11.5 Å². The highest BCUT2D eigenvalue weighted by Crippen LogP contribution is 2.28. The third-order valence-corrected chi connectivity index (χ3v) is 3.84. The number of halogens is 4. The molecule has 1 N–H and O–H groups in total. The predicted molar refractivity (Wildman–Crippen MR) is 92.6 cm³/mol. The standard InChI is InChI=1S/C19H13F4NO5/c20-18(21)28-10-5-6-12(16(7-10)29-19(22)23)15(25)9-27-17(26)13-8-24-14-4-2-1-3-11(13)14/h1-8,18-19,24H,9H2. The first-order valence-electron chi connectivity index (χ1n) is 8.15. The van der Waals surface area contributed by atoms with Gasteiger partial charge >= 0.3 is 19.2 Å². The molecule has 10 heteroatoms. The molecular formula is C19H13F4NO5. The van der Waals surface area contributed by atoms with E-state index in [9.17, 15) is 27.2 Å². The third-order valence-electron chi connectivity index (χ3n) is 3.84. The number of H-pyrrole nitrogens is 1. The molecule has 0 amide bonds. The molecule has 29 heavy (non-hydrogen) atoms. The number of hydrogen-bond acceptors (Lipinski definition) is 5. The van der Waals surface area contributed by atoms with E-state index in [0.717, 1.165) is 18.2 Å². The van der Waals surface area contributed by atoms with E-state index in [2.05, 4.69) is 14.5 Å². The Kier molecular flexibility index (Phi) is 6.01. The Morgan fingerprint density at radius 1 is 0.931 bits per heavy atom. The smallest absolute Gasteiger partial charge is 0.387 e. The van der Waals surface area contributed by atoms with Crippen molar-refractivity contribution >= 4 is 22.7 Å². The van der Waals surface area contributed by atoms with Gasteiger partial charge in [-0.25, -0.2) is 4.79 Å². The van der Waals surface area contributed by atoms with Crippen molar-refractivity contribution < 1.29 is 41.4 Å². The molecule has 6 nitrogen and oxygen atoms in total. The lowest BCUT2D eigenvalue weighted by molar-refractivity contribution is -0.0545. The lowest BCUT2D eigenvalue weighted by Crippen LogP contribution is -2.16. The zero-order valence-corrected chi connectivity index (χ0v) is 14.5. The first-order valence-corrected chi connectivity index (χ1v) is 8.15. The molecule has 152 valence electrons. The number of ether oxygens (including phenoxy) is 3. The molecule has 3 aromatic rings. The average molecular weight is 411 g/mol. The van der Waals surface area contributed by atoms with Gasteiger partial charge in [0.05, 0.1) is 11.1 Å². The van der Waals surface area contributed by atoms with E-state index in [1.165, 1.54) is 6.20 Å². The second-order valence-electron chi connectivity index (χ2n) is 5.66. The minimum absolute atomic E-state index is 0.193. The monoisotopic (exact) mass is 411 g/mol. The van der Waals surface area contributed by atoms with Crippen LogP contribution in [0.25, 0.3) is 10.9 Å². The molecule has 3 rings (SSSR count). The lowest BCUT2D eigenvalue weighted by atomic mass is 10.1. The van der Waals surface area contributed by atoms with Gasteiger partial charge < -0.3 is 19.2 Å². The fraction of sp³-hybridized carbons (Fsp3) is 0.158. The van der Waals surface area contributed by atoms with E-state index < -0.39 is 43.1 Å². The maximum absolute atomic E-state index is 12.6. The summed E-state index contributed by atoms with van der Waals surface area (Å²) in [6, 6.07) is 9.59. The average Bonchev–Trinajstić information content (AvgIpc) is 3.09. The highest BCUT2D eigenvalue weighted by Gasteiger charge is 2.21. The Morgan fingerprint density at radius 2 is 1.66 bits per heavy atom. The quantitative estimate of drug-likeness (QED) is 0.338. The molecule has 0 aliphatic rings. The van der Waals surface area contributed by atoms with E-state index in [0.29, 0.717) is 10.9 Å². The molecule has 0 radical (unpaired) electrons. The second kappa shape index (κ2) is 8.63. The van der Waals surface area contributed by atoms with Gasteiger partial charge in [-0.05, 0) is 18.2 Å². The van der Waals surface area contributed by atoms with Crippen molar-refractivity contribution in [1.29, 1.82) is 0 Å². The number of aromatic amines is 1. The predicted octanol–water partition coefficient (Wildman–Crippen LogP) is 4.41. The number of rotatable bonds is 8. The molecule has 0 saturated carbocycles. The van der Waals surface area contributed by atoms with Gasteiger partial charge in [0.15, 0.2) is 6.61 Å². The van der Waals surface area contributed by atoms with Crippen molar-refractivity contribution in [2.24, 2.45) is 0 Å². The van der Waals surface area contributed by atoms with E-state index in [1.807, 2.05) is 0 Å². The summed E-state index contributed by atoms with van der Waals surface area (Å²) in [6.45, 7) is -7.27. The summed E-state index contributed by atoms with van der Waals surface area (Å²) in [4.78, 5) is 27.4. The number of nitrogens with one attached hydrogen (secondary N) is 1. The van der Waals surface area contributed by atoms with Crippen LogP contribution in [0.4, 0.5) is 17.6 Å². The van der Waals surface area contributed by atoms with E-state index >= 15 is 0 Å². The van der Waals surface area contributed by atoms with Crippen LogP contribution < -0.4 is 9.47 Å². The van der Waals surface area contributed by atoms with Crippen LogP contribution in [0.2, 0.25) is 0 Å². The van der Waals surface area contributed by atoms with Crippen LogP contribution in [0, 0.1) is 0 Å².